The van der Waals surface area contributed by atoms with Gasteiger partial charge in [0.2, 0.25) is 11.8 Å². The number of rotatable bonds is 5. The molecular formula is C23H28FN5O2. The maximum atomic E-state index is 13.8. The van der Waals surface area contributed by atoms with Crippen molar-refractivity contribution in [3.8, 4) is 11.8 Å². The van der Waals surface area contributed by atoms with E-state index in [0.29, 0.717) is 30.2 Å². The summed E-state index contributed by atoms with van der Waals surface area (Å²) in [6.45, 7) is 6.83. The Morgan fingerprint density at radius 1 is 1.29 bits per heavy atom. The molecule has 0 aliphatic carbocycles. The fourth-order valence-electron chi connectivity index (χ4n) is 4.10. The van der Waals surface area contributed by atoms with Gasteiger partial charge in [-0.25, -0.2) is 4.39 Å². The van der Waals surface area contributed by atoms with Crippen LogP contribution >= 0.6 is 0 Å². The Bertz CT molecular complexity index is 1030. The van der Waals surface area contributed by atoms with Gasteiger partial charge in [0.25, 0.3) is 0 Å². The number of nitrogens with one attached hydrogen (secondary N) is 1. The topological polar surface area (TPSA) is 81.4 Å². The van der Waals surface area contributed by atoms with Crippen molar-refractivity contribution in [1.82, 2.24) is 14.4 Å². The van der Waals surface area contributed by atoms with E-state index in [2.05, 4.69) is 11.4 Å². The molecule has 2 heterocycles. The van der Waals surface area contributed by atoms with Crippen LogP contribution in [0.25, 0.3) is 5.69 Å². The Morgan fingerprint density at radius 2 is 1.97 bits per heavy atom. The van der Waals surface area contributed by atoms with Gasteiger partial charge in [-0.3, -0.25) is 19.1 Å². The van der Waals surface area contributed by atoms with E-state index in [1.54, 1.807) is 28.5 Å². The highest BCUT2D eigenvalue weighted by Gasteiger charge is 2.26. The molecule has 2 amide bonds. The Balaban J connectivity index is 1.76. The lowest BCUT2D eigenvalue weighted by molar-refractivity contribution is -0.130. The lowest BCUT2D eigenvalue weighted by Gasteiger charge is -2.36. The number of amides is 2. The van der Waals surface area contributed by atoms with Crippen LogP contribution in [0.2, 0.25) is 0 Å². The highest BCUT2D eigenvalue weighted by atomic mass is 19.1. The SMILES string of the molecule is CC(=O)N(C)C1CCN(CC(=O)Nc2c(C#N)c(C)c(C)n2-c2cccc(F)c2)CC1. The minimum absolute atomic E-state index is 0.0454. The third-order valence-corrected chi connectivity index (χ3v) is 6.12. The first-order valence-corrected chi connectivity index (χ1v) is 10.4. The van der Waals surface area contributed by atoms with Crippen molar-refractivity contribution in [2.45, 2.75) is 39.7 Å². The number of likely N-dealkylation sites (tertiary alicyclic amines) is 1. The number of hydrogen-bond donors (Lipinski definition) is 1. The van der Waals surface area contributed by atoms with E-state index in [-0.39, 0.29) is 24.4 Å². The Hall–Kier alpha value is -3.18. The van der Waals surface area contributed by atoms with Crippen LogP contribution in [0.5, 0.6) is 0 Å². The number of nitrogens with zero attached hydrogens (tertiary/aromatic N) is 4. The molecule has 2 aromatic rings. The quantitative estimate of drug-likeness (QED) is 0.799. The van der Waals surface area contributed by atoms with Gasteiger partial charge < -0.3 is 10.2 Å². The second-order valence-corrected chi connectivity index (χ2v) is 8.05. The molecule has 0 unspecified atom stereocenters. The number of aromatic nitrogens is 1. The van der Waals surface area contributed by atoms with Crippen molar-refractivity contribution >= 4 is 17.6 Å². The number of carbonyl (C=O) groups is 2. The first-order valence-electron chi connectivity index (χ1n) is 10.4. The summed E-state index contributed by atoms with van der Waals surface area (Å²) in [6.07, 6.45) is 1.62. The molecule has 7 nitrogen and oxygen atoms in total. The molecule has 8 heteroatoms. The average molecular weight is 426 g/mol. The standard InChI is InChI=1S/C23H28FN5O2/c1-15-16(2)29(20-7-5-6-18(24)12-20)23(21(15)13-25)26-22(31)14-28-10-8-19(9-11-28)27(4)17(3)30/h5-7,12,19H,8-11,14H2,1-4H3,(H,26,31). The van der Waals surface area contributed by atoms with E-state index in [0.717, 1.165) is 24.1 Å². The smallest absolute Gasteiger partial charge is 0.239 e. The van der Waals surface area contributed by atoms with Gasteiger partial charge in [-0.15, -0.1) is 0 Å². The number of anilines is 1. The molecule has 0 atom stereocenters. The molecule has 0 radical (unpaired) electrons. The van der Waals surface area contributed by atoms with E-state index in [4.69, 9.17) is 0 Å². The molecule has 1 N–H and O–H groups in total. The van der Waals surface area contributed by atoms with E-state index >= 15 is 0 Å². The molecule has 1 fully saturated rings. The third kappa shape index (κ3) is 4.78. The largest absolute Gasteiger partial charge is 0.343 e. The molecule has 164 valence electrons. The summed E-state index contributed by atoms with van der Waals surface area (Å²) in [5.74, 6) is -0.217. The van der Waals surface area contributed by atoms with Gasteiger partial charge in [0, 0.05) is 38.8 Å². The lowest BCUT2D eigenvalue weighted by Crippen LogP contribution is -2.46. The van der Waals surface area contributed by atoms with Gasteiger partial charge in [0.15, 0.2) is 0 Å². The molecule has 1 aliphatic rings. The Morgan fingerprint density at radius 3 is 2.55 bits per heavy atom. The lowest BCUT2D eigenvalue weighted by atomic mass is 10.0. The van der Waals surface area contributed by atoms with E-state index < -0.39 is 5.82 Å². The maximum Gasteiger partial charge on any atom is 0.239 e. The van der Waals surface area contributed by atoms with Gasteiger partial charge in [-0.05, 0) is 50.5 Å². The molecular weight excluding hydrogens is 397 g/mol. The van der Waals surface area contributed by atoms with Crippen LogP contribution in [-0.4, -0.2) is 58.9 Å². The highest BCUT2D eigenvalue weighted by Crippen LogP contribution is 2.30. The zero-order valence-corrected chi connectivity index (χ0v) is 18.4. The van der Waals surface area contributed by atoms with Crippen LogP contribution in [0.4, 0.5) is 10.2 Å². The number of halogens is 1. The molecule has 1 aromatic carbocycles. The van der Waals surface area contributed by atoms with Crippen molar-refractivity contribution < 1.29 is 14.0 Å². The monoisotopic (exact) mass is 425 g/mol. The van der Waals surface area contributed by atoms with Crippen molar-refractivity contribution in [1.29, 1.82) is 5.26 Å². The van der Waals surface area contributed by atoms with Crippen molar-refractivity contribution in [2.75, 3.05) is 32.0 Å². The van der Waals surface area contributed by atoms with E-state index in [1.807, 2.05) is 25.8 Å². The third-order valence-electron chi connectivity index (χ3n) is 6.12. The molecule has 1 saturated heterocycles. The molecule has 0 spiro atoms. The number of piperidine rings is 1. The maximum absolute atomic E-state index is 13.8. The summed E-state index contributed by atoms with van der Waals surface area (Å²) < 4.78 is 15.5. The van der Waals surface area contributed by atoms with E-state index in [9.17, 15) is 19.2 Å². The van der Waals surface area contributed by atoms with Crippen molar-refractivity contribution in [2.24, 2.45) is 0 Å². The second-order valence-electron chi connectivity index (χ2n) is 8.05. The van der Waals surface area contributed by atoms with Crippen LogP contribution < -0.4 is 5.32 Å². The predicted octanol–water partition coefficient (Wildman–Crippen LogP) is 2.99. The molecule has 1 aliphatic heterocycles. The van der Waals surface area contributed by atoms with Crippen molar-refractivity contribution in [3.63, 3.8) is 0 Å². The fourth-order valence-corrected chi connectivity index (χ4v) is 4.10. The molecule has 3 rings (SSSR count). The van der Waals surface area contributed by atoms with Gasteiger partial charge >= 0.3 is 0 Å². The molecule has 0 bridgehead atoms. The fraction of sp³-hybridized carbons (Fsp3) is 0.435. The van der Waals surface area contributed by atoms with Crippen LogP contribution in [0.3, 0.4) is 0 Å². The average Bonchev–Trinajstić information content (AvgIpc) is 2.97. The first kappa shape index (κ1) is 22.5. The number of hydrogen-bond acceptors (Lipinski definition) is 4. The van der Waals surface area contributed by atoms with Crippen LogP contribution in [-0.2, 0) is 9.59 Å². The summed E-state index contributed by atoms with van der Waals surface area (Å²) in [5, 5.41) is 12.5. The summed E-state index contributed by atoms with van der Waals surface area (Å²) in [7, 11) is 1.81. The minimum atomic E-state index is -0.391. The Labute approximate surface area is 182 Å². The summed E-state index contributed by atoms with van der Waals surface area (Å²) >= 11 is 0. The minimum Gasteiger partial charge on any atom is -0.343 e. The van der Waals surface area contributed by atoms with Gasteiger partial charge in [-0.1, -0.05) is 6.07 Å². The van der Waals surface area contributed by atoms with E-state index in [1.165, 1.54) is 12.1 Å². The van der Waals surface area contributed by atoms with Gasteiger partial charge in [-0.2, -0.15) is 5.26 Å². The van der Waals surface area contributed by atoms with Crippen LogP contribution in [0.15, 0.2) is 24.3 Å². The Kier molecular flexibility index (Phi) is 6.76. The normalized spacial score (nSPS) is 14.8. The summed E-state index contributed by atoms with van der Waals surface area (Å²) in [5.41, 5.74) is 2.43. The molecule has 0 saturated carbocycles. The zero-order valence-electron chi connectivity index (χ0n) is 18.4. The highest BCUT2D eigenvalue weighted by molar-refractivity contribution is 5.93. The number of carbonyl (C=O) groups excluding carboxylic acids is 2. The first-order chi connectivity index (χ1) is 14.7. The number of benzene rings is 1. The van der Waals surface area contributed by atoms with Gasteiger partial charge in [0.1, 0.15) is 17.7 Å². The second kappa shape index (κ2) is 9.31. The zero-order chi connectivity index (χ0) is 22.7. The predicted molar refractivity (Wildman–Crippen MR) is 116 cm³/mol. The van der Waals surface area contributed by atoms with Crippen LogP contribution in [0.1, 0.15) is 36.6 Å². The molecule has 1 aromatic heterocycles. The van der Waals surface area contributed by atoms with Gasteiger partial charge in [0.05, 0.1) is 17.8 Å². The summed E-state index contributed by atoms with van der Waals surface area (Å²) in [4.78, 5) is 28.2. The van der Waals surface area contributed by atoms with Crippen molar-refractivity contribution in [3.05, 3.63) is 46.9 Å². The molecule has 31 heavy (non-hydrogen) atoms. The number of nitriles is 1. The van der Waals surface area contributed by atoms with Crippen LogP contribution in [0, 0.1) is 31.0 Å². The summed E-state index contributed by atoms with van der Waals surface area (Å²) in [6, 6.07) is 8.42.